The first-order chi connectivity index (χ1) is 10.2. The lowest BCUT2D eigenvalue weighted by Crippen LogP contribution is -2.10. The standard InChI is InChI=1S/C16H14N4O/c1-20-11-14(10-18-20)16(21)19-15-6-4-12(5-7-15)13-3-2-8-17-9-13/h2-11H,1H3,(H,19,21). The number of hydrogen-bond acceptors (Lipinski definition) is 3. The van der Waals surface area contributed by atoms with Gasteiger partial charge in [0.25, 0.3) is 5.91 Å². The zero-order valence-corrected chi connectivity index (χ0v) is 11.5. The Morgan fingerprint density at radius 1 is 1.10 bits per heavy atom. The molecule has 0 unspecified atom stereocenters. The number of nitrogens with zero attached hydrogens (tertiary/aromatic N) is 3. The summed E-state index contributed by atoms with van der Waals surface area (Å²) in [5.74, 6) is -0.169. The van der Waals surface area contributed by atoms with Gasteiger partial charge in [-0.05, 0) is 29.3 Å². The van der Waals surface area contributed by atoms with Gasteiger partial charge in [-0.2, -0.15) is 5.10 Å². The molecular formula is C16H14N4O. The van der Waals surface area contributed by atoms with Crippen LogP contribution in [0.4, 0.5) is 5.69 Å². The number of aryl methyl sites for hydroxylation is 1. The lowest BCUT2D eigenvalue weighted by atomic mass is 10.1. The molecule has 2 heterocycles. The Hall–Kier alpha value is -2.95. The summed E-state index contributed by atoms with van der Waals surface area (Å²) in [7, 11) is 1.78. The molecule has 0 bridgehead atoms. The fraction of sp³-hybridized carbons (Fsp3) is 0.0625. The first-order valence-corrected chi connectivity index (χ1v) is 6.53. The van der Waals surface area contributed by atoms with E-state index in [1.54, 1.807) is 30.3 Å². The largest absolute Gasteiger partial charge is 0.322 e. The third-order valence-electron chi connectivity index (χ3n) is 3.10. The van der Waals surface area contributed by atoms with Crippen LogP contribution >= 0.6 is 0 Å². The van der Waals surface area contributed by atoms with Gasteiger partial charge in [0.2, 0.25) is 0 Å². The van der Waals surface area contributed by atoms with Crippen LogP contribution in [0.3, 0.4) is 0 Å². The van der Waals surface area contributed by atoms with Crippen LogP contribution in [0.2, 0.25) is 0 Å². The molecule has 0 atom stereocenters. The van der Waals surface area contributed by atoms with E-state index in [4.69, 9.17) is 0 Å². The molecule has 0 aliphatic heterocycles. The molecule has 21 heavy (non-hydrogen) atoms. The normalized spacial score (nSPS) is 10.3. The monoisotopic (exact) mass is 278 g/mol. The fourth-order valence-corrected chi connectivity index (χ4v) is 2.02. The van der Waals surface area contributed by atoms with Crippen LogP contribution in [0.1, 0.15) is 10.4 Å². The number of benzene rings is 1. The molecular weight excluding hydrogens is 264 g/mol. The maximum absolute atomic E-state index is 12.0. The number of carbonyl (C=O) groups is 1. The maximum Gasteiger partial charge on any atom is 0.258 e. The van der Waals surface area contributed by atoms with E-state index < -0.39 is 0 Å². The summed E-state index contributed by atoms with van der Waals surface area (Å²) in [6, 6.07) is 11.5. The summed E-state index contributed by atoms with van der Waals surface area (Å²) < 4.78 is 1.60. The van der Waals surface area contributed by atoms with Gasteiger partial charge in [-0.15, -0.1) is 0 Å². The zero-order chi connectivity index (χ0) is 14.7. The van der Waals surface area contributed by atoms with Crippen molar-refractivity contribution < 1.29 is 4.79 Å². The van der Waals surface area contributed by atoms with E-state index in [1.165, 1.54) is 0 Å². The van der Waals surface area contributed by atoms with Gasteiger partial charge in [0.1, 0.15) is 0 Å². The number of carbonyl (C=O) groups excluding carboxylic acids is 1. The minimum absolute atomic E-state index is 0.169. The lowest BCUT2D eigenvalue weighted by molar-refractivity contribution is 0.102. The number of nitrogens with one attached hydrogen (secondary N) is 1. The molecule has 1 N–H and O–H groups in total. The van der Waals surface area contributed by atoms with Crippen molar-refractivity contribution in [1.82, 2.24) is 14.8 Å². The van der Waals surface area contributed by atoms with Crippen molar-refractivity contribution in [2.75, 3.05) is 5.32 Å². The summed E-state index contributed by atoms with van der Waals surface area (Å²) in [6.07, 6.45) is 6.77. The number of anilines is 1. The molecule has 0 radical (unpaired) electrons. The third-order valence-corrected chi connectivity index (χ3v) is 3.10. The van der Waals surface area contributed by atoms with Crippen molar-refractivity contribution in [1.29, 1.82) is 0 Å². The van der Waals surface area contributed by atoms with E-state index >= 15 is 0 Å². The first kappa shape index (κ1) is 13.1. The fourth-order valence-electron chi connectivity index (χ4n) is 2.02. The summed E-state index contributed by atoms with van der Waals surface area (Å²) in [5, 5.41) is 6.82. The molecule has 3 rings (SSSR count). The summed E-state index contributed by atoms with van der Waals surface area (Å²) >= 11 is 0. The van der Waals surface area contributed by atoms with E-state index in [9.17, 15) is 4.79 Å². The van der Waals surface area contributed by atoms with Gasteiger partial charge in [0.15, 0.2) is 0 Å². The highest BCUT2D eigenvalue weighted by molar-refractivity contribution is 6.04. The quantitative estimate of drug-likeness (QED) is 0.801. The average Bonchev–Trinajstić information content (AvgIpc) is 2.96. The highest BCUT2D eigenvalue weighted by atomic mass is 16.1. The molecule has 0 aliphatic carbocycles. The number of rotatable bonds is 3. The Bertz CT molecular complexity index is 747. The molecule has 5 heteroatoms. The van der Waals surface area contributed by atoms with Gasteiger partial charge in [0, 0.05) is 31.3 Å². The molecule has 0 saturated carbocycles. The van der Waals surface area contributed by atoms with Crippen LogP contribution in [0.25, 0.3) is 11.1 Å². The number of pyridine rings is 1. The Kier molecular flexibility index (Phi) is 3.47. The van der Waals surface area contributed by atoms with Crippen LogP contribution < -0.4 is 5.32 Å². The second kappa shape index (κ2) is 5.58. The molecule has 0 saturated heterocycles. The van der Waals surface area contributed by atoms with Crippen molar-refractivity contribution in [2.45, 2.75) is 0 Å². The SMILES string of the molecule is Cn1cc(C(=O)Nc2ccc(-c3cccnc3)cc2)cn1. The molecule has 1 amide bonds. The average molecular weight is 278 g/mol. The molecule has 3 aromatic rings. The Balaban J connectivity index is 1.74. The summed E-state index contributed by atoms with van der Waals surface area (Å²) in [5.41, 5.74) is 3.38. The Morgan fingerprint density at radius 3 is 2.52 bits per heavy atom. The summed E-state index contributed by atoms with van der Waals surface area (Å²) in [6.45, 7) is 0. The van der Waals surface area contributed by atoms with E-state index in [1.807, 2.05) is 42.6 Å². The second-order valence-electron chi connectivity index (χ2n) is 4.68. The minimum Gasteiger partial charge on any atom is -0.322 e. The number of hydrogen-bond donors (Lipinski definition) is 1. The molecule has 2 aromatic heterocycles. The van der Waals surface area contributed by atoms with Crippen molar-refractivity contribution in [3.8, 4) is 11.1 Å². The molecule has 0 spiro atoms. The van der Waals surface area contributed by atoms with Crippen LogP contribution in [-0.4, -0.2) is 20.7 Å². The van der Waals surface area contributed by atoms with Gasteiger partial charge >= 0.3 is 0 Å². The van der Waals surface area contributed by atoms with Crippen LogP contribution in [-0.2, 0) is 7.05 Å². The van der Waals surface area contributed by atoms with E-state index in [0.29, 0.717) is 5.56 Å². The van der Waals surface area contributed by atoms with Crippen LogP contribution in [0.5, 0.6) is 0 Å². The van der Waals surface area contributed by atoms with Gasteiger partial charge in [-0.1, -0.05) is 18.2 Å². The molecule has 1 aromatic carbocycles. The predicted molar refractivity (Wildman–Crippen MR) is 80.8 cm³/mol. The Morgan fingerprint density at radius 2 is 1.90 bits per heavy atom. The van der Waals surface area contributed by atoms with Crippen molar-refractivity contribution in [2.24, 2.45) is 7.05 Å². The first-order valence-electron chi connectivity index (χ1n) is 6.53. The zero-order valence-electron chi connectivity index (χ0n) is 11.5. The second-order valence-corrected chi connectivity index (χ2v) is 4.68. The number of aromatic nitrogens is 3. The Labute approximate surface area is 122 Å². The summed E-state index contributed by atoms with van der Waals surface area (Å²) in [4.78, 5) is 16.1. The van der Waals surface area contributed by atoms with Gasteiger partial charge < -0.3 is 5.32 Å². The lowest BCUT2D eigenvalue weighted by Gasteiger charge is -2.05. The topological polar surface area (TPSA) is 59.8 Å². The van der Waals surface area contributed by atoms with Crippen LogP contribution in [0.15, 0.2) is 61.2 Å². The van der Waals surface area contributed by atoms with Gasteiger partial charge in [-0.3, -0.25) is 14.5 Å². The smallest absolute Gasteiger partial charge is 0.258 e. The van der Waals surface area contributed by atoms with Crippen molar-refractivity contribution >= 4 is 11.6 Å². The van der Waals surface area contributed by atoms with Crippen molar-refractivity contribution in [3.63, 3.8) is 0 Å². The highest BCUT2D eigenvalue weighted by Crippen LogP contribution is 2.20. The van der Waals surface area contributed by atoms with Gasteiger partial charge in [0.05, 0.1) is 11.8 Å². The molecule has 0 fully saturated rings. The van der Waals surface area contributed by atoms with Gasteiger partial charge in [-0.25, -0.2) is 0 Å². The molecule has 5 nitrogen and oxygen atoms in total. The highest BCUT2D eigenvalue weighted by Gasteiger charge is 2.08. The third kappa shape index (κ3) is 2.97. The van der Waals surface area contributed by atoms with Crippen LogP contribution in [0, 0.1) is 0 Å². The minimum atomic E-state index is -0.169. The molecule has 0 aliphatic rings. The van der Waals surface area contributed by atoms with E-state index in [-0.39, 0.29) is 5.91 Å². The van der Waals surface area contributed by atoms with E-state index in [2.05, 4.69) is 15.4 Å². The van der Waals surface area contributed by atoms with E-state index in [0.717, 1.165) is 16.8 Å². The number of amides is 1. The molecule has 104 valence electrons. The predicted octanol–water partition coefficient (Wildman–Crippen LogP) is 2.73. The van der Waals surface area contributed by atoms with Crippen molar-refractivity contribution in [3.05, 3.63) is 66.7 Å². The maximum atomic E-state index is 12.0.